The van der Waals surface area contributed by atoms with Crippen LogP contribution in [0.4, 0.5) is 5.69 Å². The number of rotatable bonds is 4. The van der Waals surface area contributed by atoms with E-state index >= 15 is 0 Å². The Kier molecular flexibility index (Phi) is 4.58. The predicted molar refractivity (Wildman–Crippen MR) is 87.9 cm³/mol. The lowest BCUT2D eigenvalue weighted by Crippen LogP contribution is -2.26. The third-order valence-electron chi connectivity index (χ3n) is 3.07. The second-order valence-electron chi connectivity index (χ2n) is 4.57. The number of anilines is 1. The van der Waals surface area contributed by atoms with Crippen LogP contribution >= 0.6 is 22.6 Å². The highest BCUT2D eigenvalue weighted by Gasteiger charge is 2.11. The lowest BCUT2D eigenvalue weighted by Gasteiger charge is -2.20. The van der Waals surface area contributed by atoms with Crippen LogP contribution in [0.5, 0.6) is 0 Å². The first-order valence-corrected chi connectivity index (χ1v) is 7.21. The summed E-state index contributed by atoms with van der Waals surface area (Å²) in [6.07, 6.45) is 0. The van der Waals surface area contributed by atoms with Gasteiger partial charge in [0.25, 0.3) is 0 Å². The number of hydrogen-bond acceptors (Lipinski definition) is 2. The van der Waals surface area contributed by atoms with Crippen LogP contribution in [-0.4, -0.2) is 19.4 Å². The molecule has 0 aliphatic rings. The van der Waals surface area contributed by atoms with Crippen LogP contribution in [0, 0.1) is 10.5 Å². The number of nitrogens with zero attached hydrogens (tertiary/aromatic N) is 1. The van der Waals surface area contributed by atoms with Gasteiger partial charge in [0.2, 0.25) is 0 Å². The van der Waals surface area contributed by atoms with Gasteiger partial charge in [0, 0.05) is 21.9 Å². The minimum absolute atomic E-state index is 0.141. The largest absolute Gasteiger partial charge is 0.367 e. The molecule has 2 rings (SSSR count). The van der Waals surface area contributed by atoms with Crippen LogP contribution in [0.25, 0.3) is 0 Å². The van der Waals surface area contributed by atoms with Gasteiger partial charge >= 0.3 is 0 Å². The van der Waals surface area contributed by atoms with Crippen LogP contribution in [0.2, 0.25) is 0 Å². The Bertz CT molecular complexity index is 578. The Balaban J connectivity index is 2.11. The van der Waals surface area contributed by atoms with E-state index in [4.69, 9.17) is 0 Å². The number of Topliss-reactive ketones (excluding diaryl/α,β-unsaturated/α-hetero) is 1. The van der Waals surface area contributed by atoms with Gasteiger partial charge in [-0.25, -0.2) is 0 Å². The Morgan fingerprint density at radius 1 is 1.11 bits per heavy atom. The van der Waals surface area contributed by atoms with Gasteiger partial charge in [-0.3, -0.25) is 4.79 Å². The second kappa shape index (κ2) is 6.19. The number of carbonyl (C=O) groups is 1. The summed E-state index contributed by atoms with van der Waals surface area (Å²) in [6, 6.07) is 15.8. The zero-order valence-electron chi connectivity index (χ0n) is 11.1. The van der Waals surface area contributed by atoms with Crippen LogP contribution in [0.1, 0.15) is 15.9 Å². The molecular formula is C16H16INO. The van der Waals surface area contributed by atoms with Crippen molar-refractivity contribution in [2.75, 3.05) is 18.5 Å². The van der Waals surface area contributed by atoms with E-state index in [1.54, 1.807) is 0 Å². The lowest BCUT2D eigenvalue weighted by atomic mass is 10.1. The van der Waals surface area contributed by atoms with Crippen molar-refractivity contribution in [2.24, 2.45) is 0 Å². The topological polar surface area (TPSA) is 20.3 Å². The van der Waals surface area contributed by atoms with Crippen molar-refractivity contribution in [1.82, 2.24) is 0 Å². The Morgan fingerprint density at radius 3 is 2.37 bits per heavy atom. The van der Waals surface area contributed by atoms with Crippen molar-refractivity contribution in [2.45, 2.75) is 6.92 Å². The Hall–Kier alpha value is -1.36. The van der Waals surface area contributed by atoms with Crippen molar-refractivity contribution in [1.29, 1.82) is 0 Å². The molecule has 0 radical (unpaired) electrons. The molecule has 0 bridgehead atoms. The number of likely N-dealkylation sites (N-methyl/N-ethyl adjacent to an activating group) is 1. The quantitative estimate of drug-likeness (QED) is 0.605. The van der Waals surface area contributed by atoms with E-state index in [1.165, 1.54) is 5.56 Å². The molecule has 0 unspecified atom stereocenters. The highest BCUT2D eigenvalue weighted by Crippen LogP contribution is 2.18. The van der Waals surface area contributed by atoms with Crippen LogP contribution in [0.15, 0.2) is 48.5 Å². The summed E-state index contributed by atoms with van der Waals surface area (Å²) in [4.78, 5) is 14.2. The van der Waals surface area contributed by atoms with Gasteiger partial charge < -0.3 is 4.90 Å². The van der Waals surface area contributed by atoms with Crippen LogP contribution in [0.3, 0.4) is 0 Å². The molecule has 0 aromatic heterocycles. The maximum atomic E-state index is 12.2. The molecule has 3 heteroatoms. The third-order valence-corrected chi connectivity index (χ3v) is 3.79. The van der Waals surface area contributed by atoms with Crippen LogP contribution < -0.4 is 4.90 Å². The zero-order chi connectivity index (χ0) is 13.8. The molecule has 2 nitrogen and oxygen atoms in total. The fourth-order valence-corrected chi connectivity index (χ4v) is 2.38. The zero-order valence-corrected chi connectivity index (χ0v) is 13.2. The van der Waals surface area contributed by atoms with E-state index in [-0.39, 0.29) is 5.78 Å². The molecule has 98 valence electrons. The van der Waals surface area contributed by atoms with Gasteiger partial charge in [0.1, 0.15) is 0 Å². The van der Waals surface area contributed by atoms with Crippen LogP contribution in [-0.2, 0) is 0 Å². The number of halogens is 1. The minimum Gasteiger partial charge on any atom is -0.367 e. The smallest absolute Gasteiger partial charge is 0.182 e. The van der Waals surface area contributed by atoms with Crippen molar-refractivity contribution < 1.29 is 4.79 Å². The number of ketones is 1. The number of carbonyl (C=O) groups excluding carboxylic acids is 1. The number of hydrogen-bond donors (Lipinski definition) is 0. The molecule has 0 fully saturated rings. The molecular weight excluding hydrogens is 349 g/mol. The average Bonchev–Trinajstić information content (AvgIpc) is 2.39. The summed E-state index contributed by atoms with van der Waals surface area (Å²) in [5.74, 6) is 0.141. The third kappa shape index (κ3) is 3.56. The maximum Gasteiger partial charge on any atom is 0.182 e. The average molecular weight is 365 g/mol. The van der Waals surface area contributed by atoms with Crippen molar-refractivity contribution in [3.63, 3.8) is 0 Å². The van der Waals surface area contributed by atoms with E-state index in [2.05, 4.69) is 35.6 Å². The van der Waals surface area contributed by atoms with E-state index in [9.17, 15) is 4.79 Å². The summed E-state index contributed by atoms with van der Waals surface area (Å²) in [6.45, 7) is 2.45. The molecule has 0 saturated heterocycles. The highest BCUT2D eigenvalue weighted by atomic mass is 127. The van der Waals surface area contributed by atoms with Crippen molar-refractivity contribution >= 4 is 34.1 Å². The van der Waals surface area contributed by atoms with E-state index in [0.717, 1.165) is 14.8 Å². The van der Waals surface area contributed by atoms with Crippen molar-refractivity contribution in [3.8, 4) is 0 Å². The number of para-hydroxylation sites is 1. The van der Waals surface area contributed by atoms with E-state index in [0.29, 0.717) is 6.54 Å². The number of aryl methyl sites for hydroxylation is 1. The van der Waals surface area contributed by atoms with Gasteiger partial charge in [-0.2, -0.15) is 0 Å². The van der Waals surface area contributed by atoms with Gasteiger partial charge in [0.15, 0.2) is 5.78 Å². The van der Waals surface area contributed by atoms with Gasteiger partial charge in [0.05, 0.1) is 6.54 Å². The van der Waals surface area contributed by atoms with Gasteiger partial charge in [-0.1, -0.05) is 30.3 Å². The molecule has 0 amide bonds. The maximum absolute atomic E-state index is 12.2. The summed E-state index contributed by atoms with van der Waals surface area (Å²) in [7, 11) is 1.95. The Morgan fingerprint density at radius 2 is 1.74 bits per heavy atom. The molecule has 0 aliphatic heterocycles. The highest BCUT2D eigenvalue weighted by molar-refractivity contribution is 14.1. The van der Waals surface area contributed by atoms with Crippen molar-refractivity contribution in [3.05, 3.63) is 63.2 Å². The normalized spacial score (nSPS) is 10.3. The summed E-state index contributed by atoms with van der Waals surface area (Å²) >= 11 is 2.24. The molecule has 0 atom stereocenters. The second-order valence-corrected chi connectivity index (χ2v) is 5.82. The van der Waals surface area contributed by atoms with Gasteiger partial charge in [-0.15, -0.1) is 0 Å². The molecule has 0 saturated carbocycles. The molecule has 2 aromatic rings. The van der Waals surface area contributed by atoms with E-state index < -0.39 is 0 Å². The fourth-order valence-electron chi connectivity index (χ4n) is 2.02. The molecule has 0 N–H and O–H groups in total. The molecule has 0 heterocycles. The summed E-state index contributed by atoms with van der Waals surface area (Å²) < 4.78 is 1.14. The molecule has 2 aromatic carbocycles. The lowest BCUT2D eigenvalue weighted by molar-refractivity contribution is 0.100. The first kappa shape index (κ1) is 14.1. The predicted octanol–water partition coefficient (Wildman–Crippen LogP) is 3.92. The molecule has 0 spiro atoms. The fraction of sp³-hybridized carbons (Fsp3) is 0.188. The minimum atomic E-state index is 0.141. The number of benzene rings is 2. The van der Waals surface area contributed by atoms with E-state index in [1.807, 2.05) is 54.4 Å². The SMILES string of the molecule is Cc1ccccc1N(C)CC(=O)c1ccc(I)cc1. The first-order valence-electron chi connectivity index (χ1n) is 6.13. The summed E-state index contributed by atoms with van der Waals surface area (Å²) in [5, 5.41) is 0. The monoisotopic (exact) mass is 365 g/mol. The molecule has 0 aliphatic carbocycles. The Labute approximate surface area is 127 Å². The standard InChI is InChI=1S/C16H16INO/c1-12-5-3-4-6-15(12)18(2)11-16(19)13-7-9-14(17)10-8-13/h3-10H,11H2,1-2H3. The van der Waals surface area contributed by atoms with Gasteiger partial charge in [-0.05, 0) is 53.3 Å². The molecule has 19 heavy (non-hydrogen) atoms. The summed E-state index contributed by atoms with van der Waals surface area (Å²) in [5.41, 5.74) is 3.04. The first-order chi connectivity index (χ1) is 9.08.